The quantitative estimate of drug-likeness (QED) is 0.510. The van der Waals surface area contributed by atoms with Gasteiger partial charge in [-0.2, -0.15) is 0 Å². The summed E-state index contributed by atoms with van der Waals surface area (Å²) in [6.45, 7) is 4.13. The Hall–Kier alpha value is -3.35. The zero-order chi connectivity index (χ0) is 25.0. The molecule has 2 aliphatic carbocycles. The summed E-state index contributed by atoms with van der Waals surface area (Å²) in [5, 5.41) is 15.2. The number of aliphatic carboxylic acids is 1. The average Bonchev–Trinajstić information content (AvgIpc) is 3.16. The molecular formula is C28H34N2O5. The van der Waals surface area contributed by atoms with Gasteiger partial charge in [-0.3, -0.25) is 9.59 Å². The van der Waals surface area contributed by atoms with Crippen molar-refractivity contribution in [3.8, 4) is 11.1 Å². The lowest BCUT2D eigenvalue weighted by Gasteiger charge is -2.33. The maximum atomic E-state index is 12.9. The monoisotopic (exact) mass is 478 g/mol. The van der Waals surface area contributed by atoms with Crippen LogP contribution in [-0.4, -0.2) is 42.3 Å². The van der Waals surface area contributed by atoms with E-state index in [0.29, 0.717) is 19.3 Å². The van der Waals surface area contributed by atoms with E-state index in [4.69, 9.17) is 4.74 Å². The molecule has 0 radical (unpaired) electrons. The predicted molar refractivity (Wildman–Crippen MR) is 133 cm³/mol. The maximum Gasteiger partial charge on any atom is 0.407 e. The van der Waals surface area contributed by atoms with Crippen LogP contribution in [0.1, 0.15) is 63.0 Å². The van der Waals surface area contributed by atoms with E-state index in [9.17, 15) is 19.5 Å². The molecule has 1 saturated carbocycles. The lowest BCUT2D eigenvalue weighted by molar-refractivity contribution is -0.144. The number of carbonyl (C=O) groups excluding carboxylic acids is 2. The van der Waals surface area contributed by atoms with E-state index in [1.807, 2.05) is 24.3 Å². The standard InChI is InChI=1S/C28H34N2O5/c1-28(2,26(33)30-24-14-8-7-13-22(24)25(31)32)15-16-29-27(34)35-17-23-20-11-5-3-9-18(20)19-10-4-6-12-21(19)23/h3-6,9-12,22-24H,7-8,13-17H2,1-2H3,(H,29,34)(H,30,33)(H,31,32). The molecule has 2 amide bonds. The average molecular weight is 479 g/mol. The summed E-state index contributed by atoms with van der Waals surface area (Å²) in [5.41, 5.74) is 3.90. The smallest absolute Gasteiger partial charge is 0.407 e. The second-order valence-corrected chi connectivity index (χ2v) is 10.2. The number of benzene rings is 2. The van der Waals surface area contributed by atoms with Gasteiger partial charge >= 0.3 is 12.1 Å². The molecule has 35 heavy (non-hydrogen) atoms. The number of hydrogen-bond donors (Lipinski definition) is 3. The number of rotatable bonds is 8. The highest BCUT2D eigenvalue weighted by molar-refractivity contribution is 5.83. The molecule has 4 rings (SSSR count). The number of amides is 2. The first kappa shape index (κ1) is 24.8. The maximum absolute atomic E-state index is 12.9. The highest BCUT2D eigenvalue weighted by Crippen LogP contribution is 2.44. The third-order valence-electron chi connectivity index (χ3n) is 7.38. The van der Waals surface area contributed by atoms with Gasteiger partial charge in [-0.05, 0) is 41.5 Å². The summed E-state index contributed by atoms with van der Waals surface area (Å²) in [7, 11) is 0. The van der Waals surface area contributed by atoms with Crippen molar-refractivity contribution in [3.63, 3.8) is 0 Å². The molecule has 0 saturated heterocycles. The van der Waals surface area contributed by atoms with Gasteiger partial charge in [-0.1, -0.05) is 75.2 Å². The number of nitrogens with one attached hydrogen (secondary N) is 2. The summed E-state index contributed by atoms with van der Waals surface area (Å²) in [6, 6.07) is 16.0. The van der Waals surface area contributed by atoms with Gasteiger partial charge in [0.15, 0.2) is 0 Å². The molecule has 1 fully saturated rings. The van der Waals surface area contributed by atoms with Crippen molar-refractivity contribution in [1.29, 1.82) is 0 Å². The van der Waals surface area contributed by atoms with E-state index in [1.165, 1.54) is 11.1 Å². The van der Waals surface area contributed by atoms with E-state index in [-0.39, 0.29) is 31.0 Å². The minimum absolute atomic E-state index is 0.00644. The van der Waals surface area contributed by atoms with Crippen LogP contribution in [0.4, 0.5) is 4.79 Å². The van der Waals surface area contributed by atoms with Crippen molar-refractivity contribution in [3.05, 3.63) is 59.7 Å². The molecule has 2 aromatic carbocycles. The Morgan fingerprint density at radius 2 is 1.57 bits per heavy atom. The fourth-order valence-electron chi connectivity index (χ4n) is 5.20. The van der Waals surface area contributed by atoms with Crippen molar-refractivity contribution in [2.75, 3.05) is 13.2 Å². The van der Waals surface area contributed by atoms with Crippen LogP contribution in [0.2, 0.25) is 0 Å². The molecule has 0 spiro atoms. The largest absolute Gasteiger partial charge is 0.481 e. The van der Waals surface area contributed by atoms with E-state index in [0.717, 1.165) is 24.0 Å². The zero-order valence-corrected chi connectivity index (χ0v) is 20.4. The van der Waals surface area contributed by atoms with Gasteiger partial charge in [-0.25, -0.2) is 4.79 Å². The molecule has 2 unspecified atom stereocenters. The van der Waals surface area contributed by atoms with Crippen LogP contribution < -0.4 is 10.6 Å². The van der Waals surface area contributed by atoms with Crippen LogP contribution in [0.15, 0.2) is 48.5 Å². The summed E-state index contributed by atoms with van der Waals surface area (Å²) in [6.07, 6.45) is 2.95. The molecule has 0 bridgehead atoms. The summed E-state index contributed by atoms with van der Waals surface area (Å²) < 4.78 is 5.56. The van der Waals surface area contributed by atoms with Crippen LogP contribution in [0.25, 0.3) is 11.1 Å². The summed E-state index contributed by atoms with van der Waals surface area (Å²) >= 11 is 0. The van der Waals surface area contributed by atoms with E-state index in [1.54, 1.807) is 13.8 Å². The number of hydrogen-bond acceptors (Lipinski definition) is 4. The molecule has 2 atom stereocenters. The van der Waals surface area contributed by atoms with Crippen LogP contribution in [0.3, 0.4) is 0 Å². The Bertz CT molecular complexity index is 1050. The molecule has 2 aromatic rings. The van der Waals surface area contributed by atoms with E-state index < -0.39 is 23.4 Å². The molecule has 0 aromatic heterocycles. The number of carboxylic acid groups (broad SMARTS) is 1. The van der Waals surface area contributed by atoms with Gasteiger partial charge in [0.2, 0.25) is 5.91 Å². The molecule has 7 heteroatoms. The summed E-state index contributed by atoms with van der Waals surface area (Å²) in [5.74, 6) is -1.59. The minimum Gasteiger partial charge on any atom is -0.481 e. The third-order valence-corrected chi connectivity index (χ3v) is 7.38. The minimum atomic E-state index is -0.857. The number of alkyl carbamates (subject to hydrolysis) is 1. The third kappa shape index (κ3) is 5.50. The topological polar surface area (TPSA) is 105 Å². The second kappa shape index (κ2) is 10.5. The Labute approximate surface area is 206 Å². The van der Waals surface area contributed by atoms with Gasteiger partial charge in [0, 0.05) is 23.9 Å². The molecular weight excluding hydrogens is 444 g/mol. The molecule has 2 aliphatic rings. The first-order valence-electron chi connectivity index (χ1n) is 12.4. The lowest BCUT2D eigenvalue weighted by atomic mass is 9.82. The SMILES string of the molecule is CC(C)(CCNC(=O)OCC1c2ccccc2-c2ccccc21)C(=O)NC1CCCCC1C(=O)O. The van der Waals surface area contributed by atoms with Gasteiger partial charge in [0.25, 0.3) is 0 Å². The van der Waals surface area contributed by atoms with Crippen LogP contribution in [0.5, 0.6) is 0 Å². The second-order valence-electron chi connectivity index (χ2n) is 10.2. The van der Waals surface area contributed by atoms with Crippen LogP contribution in [-0.2, 0) is 14.3 Å². The van der Waals surface area contributed by atoms with Gasteiger partial charge in [0.05, 0.1) is 5.92 Å². The predicted octanol–water partition coefficient (Wildman–Crippen LogP) is 4.70. The van der Waals surface area contributed by atoms with Crippen molar-refractivity contribution >= 4 is 18.0 Å². The van der Waals surface area contributed by atoms with Gasteiger partial charge < -0.3 is 20.5 Å². The number of fused-ring (bicyclic) bond motifs is 3. The summed E-state index contributed by atoms with van der Waals surface area (Å²) in [4.78, 5) is 36.8. The van der Waals surface area contributed by atoms with E-state index in [2.05, 4.69) is 34.9 Å². The Morgan fingerprint density at radius 1 is 0.971 bits per heavy atom. The zero-order valence-electron chi connectivity index (χ0n) is 20.4. The number of carboxylic acids is 1. The molecule has 3 N–H and O–H groups in total. The van der Waals surface area contributed by atoms with Crippen molar-refractivity contribution in [1.82, 2.24) is 10.6 Å². The normalized spacial score (nSPS) is 19.4. The number of carbonyl (C=O) groups is 3. The Kier molecular flexibility index (Phi) is 7.43. The van der Waals surface area contributed by atoms with Crippen molar-refractivity contribution in [2.45, 2.75) is 57.9 Å². The fourth-order valence-corrected chi connectivity index (χ4v) is 5.20. The molecule has 0 aliphatic heterocycles. The number of ether oxygens (including phenoxy) is 1. The Balaban J connectivity index is 1.26. The fraction of sp³-hybridized carbons (Fsp3) is 0.464. The van der Waals surface area contributed by atoms with Crippen molar-refractivity contribution in [2.24, 2.45) is 11.3 Å². The van der Waals surface area contributed by atoms with Crippen LogP contribution >= 0.6 is 0 Å². The Morgan fingerprint density at radius 3 is 2.20 bits per heavy atom. The highest BCUT2D eigenvalue weighted by Gasteiger charge is 2.36. The van der Waals surface area contributed by atoms with Crippen LogP contribution in [0, 0.1) is 11.3 Å². The molecule has 186 valence electrons. The molecule has 0 heterocycles. The first-order chi connectivity index (χ1) is 16.8. The van der Waals surface area contributed by atoms with Gasteiger partial charge in [0.1, 0.15) is 6.61 Å². The first-order valence-corrected chi connectivity index (χ1v) is 12.4. The molecule has 7 nitrogen and oxygen atoms in total. The van der Waals surface area contributed by atoms with Crippen molar-refractivity contribution < 1.29 is 24.2 Å². The van der Waals surface area contributed by atoms with Gasteiger partial charge in [-0.15, -0.1) is 0 Å². The lowest BCUT2D eigenvalue weighted by Crippen LogP contribution is -2.49. The highest BCUT2D eigenvalue weighted by atomic mass is 16.5. The van der Waals surface area contributed by atoms with E-state index >= 15 is 0 Å².